The number of para-hydroxylation sites is 1. The molecule has 0 radical (unpaired) electrons. The highest BCUT2D eigenvalue weighted by Crippen LogP contribution is 2.42. The number of fused-ring (bicyclic) bond motifs is 3. The number of halogens is 1. The predicted molar refractivity (Wildman–Crippen MR) is 99.7 cm³/mol. The monoisotopic (exact) mass is 359 g/mol. The van der Waals surface area contributed by atoms with Crippen LogP contribution in [0.3, 0.4) is 0 Å². The highest BCUT2D eigenvalue weighted by atomic mass is 79.9. The van der Waals surface area contributed by atoms with Crippen LogP contribution in [-0.4, -0.2) is 12.5 Å². The van der Waals surface area contributed by atoms with Gasteiger partial charge in [-0.1, -0.05) is 54.9 Å². The number of aromatic nitrogens is 1. The van der Waals surface area contributed by atoms with Crippen molar-refractivity contribution in [2.24, 2.45) is 0 Å². The molecule has 0 aliphatic rings. The van der Waals surface area contributed by atoms with Gasteiger partial charge >= 0.3 is 0 Å². The SMILES string of the molecule is CC(C)(C)[Si-](C)(C)n1c2ccccc2c2cc(Br)ccc21. The molecule has 21 heavy (non-hydrogen) atoms. The molecule has 3 aromatic rings. The molecule has 1 heterocycles. The maximum atomic E-state index is 3.62. The van der Waals surface area contributed by atoms with Gasteiger partial charge in [-0.05, 0) is 32.5 Å². The summed E-state index contributed by atoms with van der Waals surface area (Å²) in [5, 5.41) is 3.01. The Balaban J connectivity index is 2.51. The summed E-state index contributed by atoms with van der Waals surface area (Å²) in [6, 6.07) is 15.5. The van der Waals surface area contributed by atoms with Crippen LogP contribution in [0.4, 0.5) is 0 Å². The first-order valence-electron chi connectivity index (χ1n) is 7.43. The van der Waals surface area contributed by atoms with Crippen molar-refractivity contribution < 1.29 is 0 Å². The van der Waals surface area contributed by atoms with Gasteiger partial charge in [-0.15, -0.1) is 5.04 Å². The van der Waals surface area contributed by atoms with Gasteiger partial charge in [-0.3, -0.25) is 0 Å². The Morgan fingerprint density at radius 1 is 0.905 bits per heavy atom. The first-order valence-corrected chi connectivity index (χ1v) is 11.2. The van der Waals surface area contributed by atoms with Crippen molar-refractivity contribution >= 4 is 46.0 Å². The fourth-order valence-electron chi connectivity index (χ4n) is 2.88. The number of benzene rings is 2. The van der Waals surface area contributed by atoms with E-state index in [1.807, 2.05) is 0 Å². The van der Waals surface area contributed by atoms with Crippen molar-refractivity contribution in [1.29, 1.82) is 0 Å². The molecule has 0 aliphatic carbocycles. The molecule has 3 heteroatoms. The molecule has 1 nitrogen and oxygen atoms in total. The van der Waals surface area contributed by atoms with Gasteiger partial charge in [0.1, 0.15) is 0 Å². The largest absolute Gasteiger partial charge is 0.494 e. The van der Waals surface area contributed by atoms with E-state index in [1.54, 1.807) is 0 Å². The summed E-state index contributed by atoms with van der Waals surface area (Å²) in [5.74, 6) is 0. The number of hydrogen-bond acceptors (Lipinski definition) is 0. The van der Waals surface area contributed by atoms with E-state index in [2.05, 4.69) is 96.5 Å². The molecule has 0 saturated carbocycles. The van der Waals surface area contributed by atoms with E-state index in [1.165, 1.54) is 21.8 Å². The third kappa shape index (κ3) is 2.18. The first-order chi connectivity index (χ1) is 9.73. The number of nitrogens with zero attached hydrogens (tertiary/aromatic N) is 1. The Labute approximate surface area is 136 Å². The van der Waals surface area contributed by atoms with E-state index >= 15 is 0 Å². The van der Waals surface area contributed by atoms with Crippen LogP contribution in [0.2, 0.25) is 18.1 Å². The van der Waals surface area contributed by atoms with Crippen LogP contribution in [-0.2, 0) is 0 Å². The van der Waals surface area contributed by atoms with Crippen molar-refractivity contribution in [1.82, 2.24) is 4.23 Å². The molecule has 0 saturated heterocycles. The molecule has 0 spiro atoms. The van der Waals surface area contributed by atoms with Gasteiger partial charge in [0.2, 0.25) is 0 Å². The molecular weight excluding hydrogens is 338 g/mol. The summed E-state index contributed by atoms with van der Waals surface area (Å²) >= 11 is 3.62. The van der Waals surface area contributed by atoms with Gasteiger partial charge in [0.05, 0.1) is 0 Å². The van der Waals surface area contributed by atoms with Crippen LogP contribution >= 0.6 is 15.9 Å². The standard InChI is InChI=1S/C18H22BrNSi/c1-18(2,3)21(4,5)20-16-9-7-6-8-14(16)15-12-13(19)10-11-17(15)20/h6-12H,1-5H3/q-1. The second kappa shape index (κ2) is 4.72. The maximum absolute atomic E-state index is 3.62. The van der Waals surface area contributed by atoms with Crippen LogP contribution in [0.1, 0.15) is 20.8 Å². The molecule has 3 rings (SSSR count). The minimum atomic E-state index is -1.67. The van der Waals surface area contributed by atoms with Crippen LogP contribution in [0.25, 0.3) is 21.8 Å². The average molecular weight is 360 g/mol. The second-order valence-electron chi connectivity index (χ2n) is 7.32. The number of rotatable bonds is 1. The zero-order chi connectivity index (χ0) is 15.4. The smallest absolute Gasteiger partial charge is 0.0182 e. The second-order valence-corrected chi connectivity index (χ2v) is 13.3. The van der Waals surface area contributed by atoms with Crippen molar-refractivity contribution in [3.63, 3.8) is 0 Å². The Morgan fingerprint density at radius 3 is 2.19 bits per heavy atom. The lowest BCUT2D eigenvalue weighted by Gasteiger charge is -2.51. The molecule has 0 N–H and O–H groups in total. The van der Waals surface area contributed by atoms with Crippen LogP contribution in [0, 0.1) is 0 Å². The van der Waals surface area contributed by atoms with Crippen LogP contribution in [0.15, 0.2) is 46.9 Å². The lowest BCUT2D eigenvalue weighted by molar-refractivity contribution is 0.706. The first kappa shape index (κ1) is 14.9. The van der Waals surface area contributed by atoms with E-state index in [4.69, 9.17) is 0 Å². The van der Waals surface area contributed by atoms with E-state index in [0.717, 1.165) is 4.47 Å². The summed E-state index contributed by atoms with van der Waals surface area (Å²) in [6.45, 7) is 12.1. The summed E-state index contributed by atoms with van der Waals surface area (Å²) in [7, 11) is -1.67. The number of hydrogen-bond donors (Lipinski definition) is 0. The Morgan fingerprint density at radius 2 is 1.52 bits per heavy atom. The Bertz CT molecular complexity index is 824. The molecule has 0 amide bonds. The van der Waals surface area contributed by atoms with Gasteiger partial charge in [-0.2, -0.15) is 13.1 Å². The Hall–Kier alpha value is -1.06. The fraction of sp³-hybridized carbons (Fsp3) is 0.333. The molecule has 0 bridgehead atoms. The molecule has 0 unspecified atom stereocenters. The topological polar surface area (TPSA) is 4.93 Å². The molecule has 2 aromatic carbocycles. The highest BCUT2D eigenvalue weighted by molar-refractivity contribution is 9.10. The zero-order valence-corrected chi connectivity index (χ0v) is 16.0. The minimum Gasteiger partial charge on any atom is -0.494 e. The van der Waals surface area contributed by atoms with Crippen LogP contribution < -0.4 is 0 Å². The molecule has 0 fully saturated rings. The van der Waals surface area contributed by atoms with E-state index in [0.29, 0.717) is 5.04 Å². The van der Waals surface area contributed by atoms with Gasteiger partial charge in [-0.25, -0.2) is 0 Å². The average Bonchev–Trinajstić information content (AvgIpc) is 2.72. The summed E-state index contributed by atoms with van der Waals surface area (Å²) in [6.07, 6.45) is 0. The minimum absolute atomic E-state index is 0.300. The van der Waals surface area contributed by atoms with Crippen molar-refractivity contribution in [3.8, 4) is 0 Å². The third-order valence-corrected chi connectivity index (χ3v) is 10.8. The zero-order valence-electron chi connectivity index (χ0n) is 13.4. The quantitative estimate of drug-likeness (QED) is 0.442. The lowest BCUT2D eigenvalue weighted by atomic mass is 10.2. The fourth-order valence-corrected chi connectivity index (χ4v) is 5.51. The van der Waals surface area contributed by atoms with Crippen molar-refractivity contribution in [2.45, 2.75) is 38.9 Å². The summed E-state index contributed by atoms with van der Waals surface area (Å²) in [4.78, 5) is 0. The summed E-state index contributed by atoms with van der Waals surface area (Å²) < 4.78 is 3.79. The highest BCUT2D eigenvalue weighted by Gasteiger charge is 2.28. The predicted octanol–water partition coefficient (Wildman–Crippen LogP) is 6.41. The molecule has 0 atom stereocenters. The lowest BCUT2D eigenvalue weighted by Crippen LogP contribution is -2.45. The molecule has 1 aromatic heterocycles. The van der Waals surface area contributed by atoms with Crippen molar-refractivity contribution in [3.05, 3.63) is 46.9 Å². The van der Waals surface area contributed by atoms with Gasteiger partial charge in [0.25, 0.3) is 0 Å². The van der Waals surface area contributed by atoms with Gasteiger partial charge < -0.3 is 4.23 Å². The van der Waals surface area contributed by atoms with Gasteiger partial charge in [0, 0.05) is 26.3 Å². The van der Waals surface area contributed by atoms with Crippen molar-refractivity contribution in [2.75, 3.05) is 0 Å². The molecule has 0 aliphatic heterocycles. The van der Waals surface area contributed by atoms with E-state index in [-0.39, 0.29) is 0 Å². The third-order valence-electron chi connectivity index (χ3n) is 5.03. The Kier molecular flexibility index (Phi) is 3.34. The maximum Gasteiger partial charge on any atom is 0.0182 e. The normalized spacial score (nSPS) is 13.2. The van der Waals surface area contributed by atoms with E-state index in [9.17, 15) is 0 Å². The molecular formula is C18H22BrNSi-. The van der Waals surface area contributed by atoms with E-state index < -0.39 is 8.24 Å². The molecule has 111 valence electrons. The van der Waals surface area contributed by atoms with Crippen LogP contribution in [0.5, 0.6) is 0 Å². The van der Waals surface area contributed by atoms with Gasteiger partial charge in [0.15, 0.2) is 0 Å². The summed E-state index contributed by atoms with van der Waals surface area (Å²) in [5.41, 5.74) is 2.74.